The molecule has 1 aromatic rings. The van der Waals surface area contributed by atoms with Crippen LogP contribution in [0, 0.1) is 5.82 Å². The number of benzene rings is 1. The lowest BCUT2D eigenvalue weighted by atomic mass is 9.88. The van der Waals surface area contributed by atoms with Gasteiger partial charge >= 0.3 is 0 Å². The first-order valence-corrected chi connectivity index (χ1v) is 8.16. The van der Waals surface area contributed by atoms with Crippen molar-refractivity contribution in [2.45, 2.75) is 58.6 Å². The number of hydrogen-bond acceptors (Lipinski definition) is 2. The van der Waals surface area contributed by atoms with Crippen molar-refractivity contribution in [3.05, 3.63) is 34.6 Å². The van der Waals surface area contributed by atoms with Gasteiger partial charge < -0.3 is 10.1 Å². The summed E-state index contributed by atoms with van der Waals surface area (Å²) in [5, 5.41) is 3.68. The van der Waals surface area contributed by atoms with E-state index in [0.717, 1.165) is 19.4 Å². The first-order chi connectivity index (χ1) is 9.98. The maximum absolute atomic E-state index is 14.2. The average Bonchev–Trinajstić information content (AvgIpc) is 2.47. The van der Waals surface area contributed by atoms with Crippen LogP contribution in [-0.4, -0.2) is 24.8 Å². The molecule has 1 rings (SSSR count). The van der Waals surface area contributed by atoms with E-state index in [2.05, 4.69) is 26.1 Å². The third kappa shape index (κ3) is 4.94. The van der Waals surface area contributed by atoms with Gasteiger partial charge in [0.1, 0.15) is 5.82 Å². The van der Waals surface area contributed by atoms with Crippen LogP contribution in [0.3, 0.4) is 0 Å². The van der Waals surface area contributed by atoms with Crippen molar-refractivity contribution in [3.63, 3.8) is 0 Å². The van der Waals surface area contributed by atoms with Gasteiger partial charge in [0.05, 0.1) is 10.6 Å². The van der Waals surface area contributed by atoms with E-state index in [4.69, 9.17) is 16.3 Å². The molecule has 0 radical (unpaired) electrons. The van der Waals surface area contributed by atoms with Crippen molar-refractivity contribution in [3.8, 4) is 0 Å². The molecule has 0 aliphatic rings. The zero-order valence-electron chi connectivity index (χ0n) is 13.5. The second-order valence-electron chi connectivity index (χ2n) is 5.52. The van der Waals surface area contributed by atoms with Crippen molar-refractivity contribution in [1.82, 2.24) is 5.32 Å². The summed E-state index contributed by atoms with van der Waals surface area (Å²) in [5.74, 6) is -0.322. The molecule has 2 unspecified atom stereocenters. The first kappa shape index (κ1) is 18.4. The molecule has 1 aromatic carbocycles. The van der Waals surface area contributed by atoms with E-state index < -0.39 is 0 Å². The van der Waals surface area contributed by atoms with E-state index >= 15 is 0 Å². The Kier molecular flexibility index (Phi) is 7.64. The summed E-state index contributed by atoms with van der Waals surface area (Å²) in [5.41, 5.74) is 0.314. The van der Waals surface area contributed by atoms with E-state index in [1.165, 1.54) is 0 Å². The summed E-state index contributed by atoms with van der Waals surface area (Å²) in [6, 6.07) is 5.22. The summed E-state index contributed by atoms with van der Waals surface area (Å²) in [6.07, 6.45) is 2.46. The highest BCUT2D eigenvalue weighted by atomic mass is 35.5. The lowest BCUT2D eigenvalue weighted by Crippen LogP contribution is -2.52. The molecule has 0 heterocycles. The minimum absolute atomic E-state index is 0.0513. The molecule has 0 aromatic heterocycles. The molecule has 0 bridgehead atoms. The molecule has 0 spiro atoms. The summed E-state index contributed by atoms with van der Waals surface area (Å²) < 4.78 is 20.1. The molecule has 0 aliphatic carbocycles. The number of ether oxygens (including phenoxy) is 1. The third-order valence-electron chi connectivity index (χ3n) is 4.01. The molecule has 0 aliphatic heterocycles. The average molecular weight is 316 g/mol. The zero-order chi connectivity index (χ0) is 15.9. The highest BCUT2D eigenvalue weighted by molar-refractivity contribution is 6.30. The SMILES string of the molecule is CCCNC(Cc1cccc(Cl)c1F)C(C)(CC)OCC. The van der Waals surface area contributed by atoms with Crippen LogP contribution in [0.5, 0.6) is 0 Å². The molecular weight excluding hydrogens is 289 g/mol. The molecule has 0 saturated carbocycles. The molecule has 2 atom stereocenters. The maximum atomic E-state index is 14.2. The fraction of sp³-hybridized carbons (Fsp3) is 0.647. The minimum atomic E-state index is -0.322. The summed E-state index contributed by atoms with van der Waals surface area (Å²) >= 11 is 5.88. The van der Waals surface area contributed by atoms with Crippen molar-refractivity contribution in [2.24, 2.45) is 0 Å². The van der Waals surface area contributed by atoms with Crippen LogP contribution in [0.25, 0.3) is 0 Å². The van der Waals surface area contributed by atoms with E-state index in [1.807, 2.05) is 6.92 Å². The van der Waals surface area contributed by atoms with E-state index in [-0.39, 0.29) is 22.5 Å². The fourth-order valence-corrected chi connectivity index (χ4v) is 2.72. The monoisotopic (exact) mass is 315 g/mol. The van der Waals surface area contributed by atoms with Crippen LogP contribution in [0.1, 0.15) is 46.1 Å². The van der Waals surface area contributed by atoms with Gasteiger partial charge in [0.15, 0.2) is 0 Å². The van der Waals surface area contributed by atoms with Crippen LogP contribution in [0.15, 0.2) is 18.2 Å². The smallest absolute Gasteiger partial charge is 0.145 e. The number of nitrogens with one attached hydrogen (secondary N) is 1. The standard InChI is InChI=1S/C17H27ClFNO/c1-5-11-20-15(17(4,6-2)21-7-3)12-13-9-8-10-14(18)16(13)19/h8-10,15,20H,5-7,11-12H2,1-4H3. The second kappa shape index (κ2) is 8.72. The predicted octanol–water partition coefficient (Wildman–Crippen LogP) is 4.60. The van der Waals surface area contributed by atoms with Gasteiger partial charge in [-0.3, -0.25) is 0 Å². The lowest BCUT2D eigenvalue weighted by molar-refractivity contribution is -0.0551. The molecule has 1 N–H and O–H groups in total. The first-order valence-electron chi connectivity index (χ1n) is 7.78. The van der Waals surface area contributed by atoms with Crippen LogP contribution in [-0.2, 0) is 11.2 Å². The molecule has 2 nitrogen and oxygen atoms in total. The number of rotatable bonds is 9. The second-order valence-corrected chi connectivity index (χ2v) is 5.93. The van der Waals surface area contributed by atoms with Crippen molar-refractivity contribution >= 4 is 11.6 Å². The molecule has 0 amide bonds. The normalized spacial score (nSPS) is 15.7. The summed E-state index contributed by atoms with van der Waals surface area (Å²) in [4.78, 5) is 0. The van der Waals surface area contributed by atoms with E-state index in [0.29, 0.717) is 18.6 Å². The minimum Gasteiger partial charge on any atom is -0.374 e. The Bertz CT molecular complexity index is 441. The Labute approximate surface area is 133 Å². The Hall–Kier alpha value is -0.640. The molecule has 4 heteroatoms. The maximum Gasteiger partial charge on any atom is 0.145 e. The van der Waals surface area contributed by atoms with Crippen molar-refractivity contribution in [2.75, 3.05) is 13.2 Å². The molecule has 21 heavy (non-hydrogen) atoms. The molecular formula is C17H27ClFNO. The molecule has 0 fully saturated rings. The summed E-state index contributed by atoms with van der Waals surface area (Å²) in [7, 11) is 0. The zero-order valence-corrected chi connectivity index (χ0v) is 14.3. The van der Waals surface area contributed by atoms with Gasteiger partial charge in [-0.25, -0.2) is 4.39 Å². The quantitative estimate of drug-likeness (QED) is 0.719. The number of halogens is 2. The summed E-state index contributed by atoms with van der Waals surface area (Å²) in [6.45, 7) is 9.83. The van der Waals surface area contributed by atoms with Gasteiger partial charge in [-0.1, -0.05) is 37.6 Å². The Morgan fingerprint density at radius 2 is 2.05 bits per heavy atom. The fourth-order valence-electron chi connectivity index (χ4n) is 2.53. The Morgan fingerprint density at radius 1 is 1.33 bits per heavy atom. The largest absolute Gasteiger partial charge is 0.374 e. The van der Waals surface area contributed by atoms with Crippen LogP contribution in [0.4, 0.5) is 4.39 Å². The highest BCUT2D eigenvalue weighted by Crippen LogP contribution is 2.26. The number of hydrogen-bond donors (Lipinski definition) is 1. The van der Waals surface area contributed by atoms with Crippen LogP contribution in [0.2, 0.25) is 5.02 Å². The lowest BCUT2D eigenvalue weighted by Gasteiger charge is -2.37. The highest BCUT2D eigenvalue weighted by Gasteiger charge is 2.33. The van der Waals surface area contributed by atoms with Gasteiger partial charge in [-0.15, -0.1) is 0 Å². The van der Waals surface area contributed by atoms with Crippen LogP contribution >= 0.6 is 11.6 Å². The van der Waals surface area contributed by atoms with Gasteiger partial charge in [-0.2, -0.15) is 0 Å². The van der Waals surface area contributed by atoms with E-state index in [1.54, 1.807) is 18.2 Å². The van der Waals surface area contributed by atoms with Crippen molar-refractivity contribution < 1.29 is 9.13 Å². The predicted molar refractivity (Wildman–Crippen MR) is 87.5 cm³/mol. The topological polar surface area (TPSA) is 21.3 Å². The van der Waals surface area contributed by atoms with Crippen LogP contribution < -0.4 is 5.32 Å². The van der Waals surface area contributed by atoms with Gasteiger partial charge in [0.25, 0.3) is 0 Å². The van der Waals surface area contributed by atoms with Crippen molar-refractivity contribution in [1.29, 1.82) is 0 Å². The molecule has 0 saturated heterocycles. The Balaban J connectivity index is 2.99. The van der Waals surface area contributed by atoms with Gasteiger partial charge in [-0.05, 0) is 51.3 Å². The molecule has 120 valence electrons. The Morgan fingerprint density at radius 3 is 2.62 bits per heavy atom. The third-order valence-corrected chi connectivity index (χ3v) is 4.30. The van der Waals surface area contributed by atoms with Gasteiger partial charge in [0, 0.05) is 12.6 Å². The van der Waals surface area contributed by atoms with E-state index in [9.17, 15) is 4.39 Å². The van der Waals surface area contributed by atoms with Gasteiger partial charge in [0.2, 0.25) is 0 Å².